The number of pyridine rings is 1. The smallest absolute Gasteiger partial charge is 0.339 e. The van der Waals surface area contributed by atoms with Crippen LogP contribution < -0.4 is 16.0 Å². The van der Waals surface area contributed by atoms with Crippen molar-refractivity contribution in [2.75, 3.05) is 17.2 Å². The Hall–Kier alpha value is -5.25. The number of carboxylic acids is 1. The van der Waals surface area contributed by atoms with Crippen molar-refractivity contribution >= 4 is 46.8 Å². The van der Waals surface area contributed by atoms with Gasteiger partial charge in [-0.25, -0.2) is 29.5 Å². The van der Waals surface area contributed by atoms with E-state index in [4.69, 9.17) is 14.2 Å². The SMILES string of the molecule is CCNC(=O)Nc1ncnc2c1ncn2C1OC(C(=O)Nc2ncccc2C(=O)O)C2O[C@H](/C=C/c3ccccc3)OC21. The van der Waals surface area contributed by atoms with E-state index in [1.54, 1.807) is 17.6 Å². The number of fused-ring (bicyclic) bond motifs is 2. The number of hydrogen-bond acceptors (Lipinski definition) is 10. The summed E-state index contributed by atoms with van der Waals surface area (Å²) in [5.41, 5.74) is 1.35. The number of aromatic nitrogens is 5. The molecule has 2 saturated heterocycles. The average Bonchev–Trinajstić information content (AvgIpc) is 3.71. The fraction of sp³-hybridized carbons (Fsp3) is 0.250. The molecular formula is C28H26N8O7. The highest BCUT2D eigenvalue weighted by Gasteiger charge is 2.56. The van der Waals surface area contributed by atoms with Gasteiger partial charge in [-0.05, 0) is 30.7 Å². The lowest BCUT2D eigenvalue weighted by molar-refractivity contribution is -0.148. The average molecular weight is 587 g/mol. The number of hydrogen-bond donors (Lipinski definition) is 4. The van der Waals surface area contributed by atoms with Crippen molar-refractivity contribution < 1.29 is 33.7 Å². The van der Waals surface area contributed by atoms with Gasteiger partial charge in [-0.1, -0.05) is 36.4 Å². The van der Waals surface area contributed by atoms with E-state index in [1.165, 1.54) is 31.0 Å². The summed E-state index contributed by atoms with van der Waals surface area (Å²) < 4.78 is 20.1. The number of carboxylic acid groups (broad SMARTS) is 1. The molecule has 0 bridgehead atoms. The molecule has 43 heavy (non-hydrogen) atoms. The number of imidazole rings is 1. The fourth-order valence-electron chi connectivity index (χ4n) is 4.86. The maximum Gasteiger partial charge on any atom is 0.339 e. The number of amides is 3. The van der Waals surface area contributed by atoms with Crippen LogP contribution in [0.5, 0.6) is 0 Å². The highest BCUT2D eigenvalue weighted by Crippen LogP contribution is 2.41. The van der Waals surface area contributed by atoms with E-state index in [-0.39, 0.29) is 17.2 Å². The fourth-order valence-corrected chi connectivity index (χ4v) is 4.86. The number of aromatic carboxylic acids is 1. The van der Waals surface area contributed by atoms with Gasteiger partial charge >= 0.3 is 12.0 Å². The van der Waals surface area contributed by atoms with Gasteiger partial charge in [0.05, 0.1) is 6.33 Å². The summed E-state index contributed by atoms with van der Waals surface area (Å²) in [6.07, 6.45) is 2.99. The molecule has 0 saturated carbocycles. The van der Waals surface area contributed by atoms with Gasteiger partial charge < -0.3 is 30.0 Å². The molecule has 2 fully saturated rings. The molecule has 15 heteroatoms. The van der Waals surface area contributed by atoms with Crippen molar-refractivity contribution in [2.45, 2.75) is 37.8 Å². The third-order valence-electron chi connectivity index (χ3n) is 6.76. The van der Waals surface area contributed by atoms with Crippen molar-refractivity contribution in [3.8, 4) is 0 Å². The van der Waals surface area contributed by atoms with E-state index in [1.807, 2.05) is 36.4 Å². The number of urea groups is 1. The van der Waals surface area contributed by atoms with Crippen molar-refractivity contribution in [3.05, 3.63) is 78.5 Å². The second-order valence-electron chi connectivity index (χ2n) is 9.51. The largest absolute Gasteiger partial charge is 0.478 e. The Bertz CT molecular complexity index is 1690. The highest BCUT2D eigenvalue weighted by atomic mass is 16.8. The van der Waals surface area contributed by atoms with Crippen LogP contribution in [0.15, 0.2) is 67.4 Å². The molecule has 4 N–H and O–H groups in total. The first-order valence-electron chi connectivity index (χ1n) is 13.3. The molecule has 4 aromatic rings. The zero-order chi connectivity index (χ0) is 29.9. The predicted molar refractivity (Wildman–Crippen MR) is 151 cm³/mol. The van der Waals surface area contributed by atoms with Crippen molar-refractivity contribution in [1.29, 1.82) is 0 Å². The second kappa shape index (κ2) is 11.9. The second-order valence-corrected chi connectivity index (χ2v) is 9.51. The van der Waals surface area contributed by atoms with E-state index in [0.717, 1.165) is 5.56 Å². The normalized spacial score (nSPS) is 22.9. The summed E-state index contributed by atoms with van der Waals surface area (Å²) in [5, 5.41) is 17.4. The van der Waals surface area contributed by atoms with Crippen molar-refractivity contribution in [2.24, 2.45) is 0 Å². The van der Waals surface area contributed by atoms with Crippen LogP contribution in [0.3, 0.4) is 0 Å². The maximum atomic E-state index is 13.5. The minimum absolute atomic E-state index is 0.134. The van der Waals surface area contributed by atoms with E-state index >= 15 is 0 Å². The lowest BCUT2D eigenvalue weighted by atomic mass is 10.1. The number of carbonyl (C=O) groups is 3. The van der Waals surface area contributed by atoms with Gasteiger partial charge in [0, 0.05) is 12.7 Å². The number of benzene rings is 1. The summed E-state index contributed by atoms with van der Waals surface area (Å²) in [4.78, 5) is 54.2. The maximum absolute atomic E-state index is 13.5. The van der Waals surface area contributed by atoms with E-state index in [9.17, 15) is 19.5 Å². The van der Waals surface area contributed by atoms with Crippen LogP contribution in [0, 0.1) is 0 Å². The van der Waals surface area contributed by atoms with Crippen LogP contribution in [-0.4, -0.2) is 78.7 Å². The minimum atomic E-state index is -1.25. The molecule has 220 valence electrons. The third-order valence-corrected chi connectivity index (χ3v) is 6.76. The van der Waals surface area contributed by atoms with Crippen LogP contribution in [0.1, 0.15) is 29.1 Å². The zero-order valence-electron chi connectivity index (χ0n) is 22.7. The van der Waals surface area contributed by atoms with Gasteiger partial charge in [-0.3, -0.25) is 14.7 Å². The van der Waals surface area contributed by atoms with E-state index in [2.05, 4.69) is 35.9 Å². The number of rotatable bonds is 8. The van der Waals surface area contributed by atoms with Crippen molar-refractivity contribution in [1.82, 2.24) is 29.8 Å². The van der Waals surface area contributed by atoms with Crippen LogP contribution in [0.4, 0.5) is 16.4 Å². The highest BCUT2D eigenvalue weighted by molar-refractivity contribution is 6.01. The molecular weight excluding hydrogens is 560 g/mol. The van der Waals surface area contributed by atoms with E-state index in [0.29, 0.717) is 17.7 Å². The van der Waals surface area contributed by atoms with Crippen LogP contribution in [-0.2, 0) is 19.0 Å². The monoisotopic (exact) mass is 586 g/mol. The van der Waals surface area contributed by atoms with Gasteiger partial charge in [0.25, 0.3) is 5.91 Å². The molecule has 5 heterocycles. The minimum Gasteiger partial charge on any atom is -0.478 e. The van der Waals surface area contributed by atoms with Crippen LogP contribution in [0.25, 0.3) is 17.2 Å². The molecule has 6 rings (SSSR count). The van der Waals surface area contributed by atoms with Gasteiger partial charge in [0.15, 0.2) is 35.6 Å². The Morgan fingerprint density at radius 3 is 2.56 bits per heavy atom. The summed E-state index contributed by atoms with van der Waals surface area (Å²) in [7, 11) is 0. The quantitative estimate of drug-likeness (QED) is 0.237. The topological polar surface area (TPSA) is 192 Å². The standard InChI is InChI=1S/C28H26N8O7/c1-2-29-28(40)35-23-18-24(32-13-31-23)36(14-33-18)26-21-19(41-17(42-21)11-10-15-7-4-3-5-8-15)20(43-26)25(37)34-22-16(27(38)39)9-6-12-30-22/h3-14,17,19-21,26H,2H2,1H3,(H,38,39)(H,30,34,37)(H2,29,31,32,35,40)/b11-10+/t17-,19?,20?,21?,26?/m0/s1. The predicted octanol–water partition coefficient (Wildman–Crippen LogP) is 2.42. The molecule has 2 aliphatic rings. The molecule has 0 aliphatic carbocycles. The van der Waals surface area contributed by atoms with Gasteiger partial charge in [-0.15, -0.1) is 0 Å². The Morgan fingerprint density at radius 1 is 0.953 bits per heavy atom. The van der Waals surface area contributed by atoms with Gasteiger partial charge in [0.1, 0.15) is 29.9 Å². The number of nitrogens with zero attached hydrogens (tertiary/aromatic N) is 5. The van der Waals surface area contributed by atoms with Crippen molar-refractivity contribution in [3.63, 3.8) is 0 Å². The summed E-state index contributed by atoms with van der Waals surface area (Å²) in [5.74, 6) is -1.88. The Morgan fingerprint density at radius 2 is 1.77 bits per heavy atom. The molecule has 2 aliphatic heterocycles. The number of nitrogens with one attached hydrogen (secondary N) is 3. The van der Waals surface area contributed by atoms with Gasteiger partial charge in [0.2, 0.25) is 0 Å². The Balaban J connectivity index is 1.31. The summed E-state index contributed by atoms with van der Waals surface area (Å²) in [6, 6.07) is 11.9. The molecule has 3 aromatic heterocycles. The first-order chi connectivity index (χ1) is 20.9. The first-order valence-corrected chi connectivity index (χ1v) is 13.3. The zero-order valence-corrected chi connectivity index (χ0v) is 22.7. The number of anilines is 2. The van der Waals surface area contributed by atoms with Crippen LogP contribution in [0.2, 0.25) is 0 Å². The lowest BCUT2D eigenvalue weighted by Crippen LogP contribution is -2.38. The molecule has 1 aromatic carbocycles. The number of carbonyl (C=O) groups excluding carboxylic acids is 2. The Kier molecular flexibility index (Phi) is 7.74. The molecule has 0 radical (unpaired) electrons. The third kappa shape index (κ3) is 5.63. The van der Waals surface area contributed by atoms with Gasteiger partial charge in [-0.2, -0.15) is 0 Å². The molecule has 15 nitrogen and oxygen atoms in total. The lowest BCUT2D eigenvalue weighted by Gasteiger charge is -2.20. The molecule has 0 spiro atoms. The van der Waals surface area contributed by atoms with E-state index < -0.39 is 48.7 Å². The Labute approximate surface area is 243 Å². The summed E-state index contributed by atoms with van der Waals surface area (Å²) in [6.45, 7) is 2.20. The molecule has 5 atom stereocenters. The first kappa shape index (κ1) is 27.9. The van der Waals surface area contributed by atoms with Crippen LogP contribution >= 0.6 is 0 Å². The summed E-state index contributed by atoms with van der Waals surface area (Å²) >= 11 is 0. The molecule has 4 unspecified atom stereocenters. The molecule has 3 amide bonds. The number of ether oxygens (including phenoxy) is 3.